The lowest BCUT2D eigenvalue weighted by atomic mass is 10.3. The molecule has 2 aromatic carbocycles. The molecule has 0 bridgehead atoms. The normalized spacial score (nSPS) is 11.3. The quantitative estimate of drug-likeness (QED) is 0.492. The molecule has 5 nitrogen and oxygen atoms in total. The molecule has 0 radical (unpaired) electrons. The second-order valence-corrected chi connectivity index (χ2v) is 7.39. The van der Waals surface area contributed by atoms with Gasteiger partial charge in [0.2, 0.25) is 0 Å². The molecule has 0 spiro atoms. The number of nitrogens with one attached hydrogen (secondary N) is 2. The minimum Gasteiger partial charge on any atom is -0.375 e. The van der Waals surface area contributed by atoms with Crippen LogP contribution in [0.3, 0.4) is 0 Å². The highest BCUT2D eigenvalue weighted by atomic mass is 32.2. The number of nitriles is 1. The van der Waals surface area contributed by atoms with Gasteiger partial charge >= 0.3 is 6.03 Å². The van der Waals surface area contributed by atoms with E-state index in [0.717, 1.165) is 23.5 Å². The summed E-state index contributed by atoms with van der Waals surface area (Å²) in [5, 5.41) is 14.7. The number of carbonyl (C=O) groups excluding carboxylic acids is 1. The summed E-state index contributed by atoms with van der Waals surface area (Å²) in [6, 6.07) is 19.9. The van der Waals surface area contributed by atoms with Crippen LogP contribution in [0.15, 0.2) is 59.5 Å². The predicted molar refractivity (Wildman–Crippen MR) is 113 cm³/mol. The molecular weight excluding hydrogens is 356 g/mol. The molecule has 2 rings (SSSR count). The molecular formula is C21H26N4OS. The monoisotopic (exact) mass is 382 g/mol. The van der Waals surface area contributed by atoms with Gasteiger partial charge < -0.3 is 15.5 Å². The molecule has 1 atom stereocenters. The second-order valence-electron chi connectivity index (χ2n) is 6.33. The average Bonchev–Trinajstić information content (AvgIpc) is 2.70. The first-order valence-corrected chi connectivity index (χ1v) is 10.0. The predicted octanol–water partition coefficient (Wildman–Crippen LogP) is 4.59. The smallest absolute Gasteiger partial charge is 0.319 e. The molecule has 0 saturated carbocycles. The molecule has 0 aliphatic carbocycles. The van der Waals surface area contributed by atoms with Gasteiger partial charge in [0.1, 0.15) is 0 Å². The zero-order valence-electron chi connectivity index (χ0n) is 15.8. The van der Waals surface area contributed by atoms with Crippen LogP contribution < -0.4 is 15.5 Å². The van der Waals surface area contributed by atoms with Crippen molar-refractivity contribution in [2.45, 2.75) is 18.2 Å². The maximum atomic E-state index is 12.2. The molecule has 1 unspecified atom stereocenters. The van der Waals surface area contributed by atoms with E-state index in [0.29, 0.717) is 12.3 Å². The van der Waals surface area contributed by atoms with Crippen molar-refractivity contribution in [1.82, 2.24) is 5.32 Å². The van der Waals surface area contributed by atoms with Crippen LogP contribution in [0.25, 0.3) is 0 Å². The van der Waals surface area contributed by atoms with Crippen LogP contribution in [0.4, 0.5) is 16.2 Å². The van der Waals surface area contributed by atoms with E-state index in [1.807, 2.05) is 56.4 Å². The molecule has 142 valence electrons. The Labute approximate surface area is 165 Å². The van der Waals surface area contributed by atoms with E-state index >= 15 is 0 Å². The third-order valence-electron chi connectivity index (χ3n) is 4.00. The first kappa shape index (κ1) is 20.7. The summed E-state index contributed by atoms with van der Waals surface area (Å²) in [6.45, 7) is 3.36. The zero-order valence-corrected chi connectivity index (χ0v) is 16.6. The van der Waals surface area contributed by atoms with E-state index in [4.69, 9.17) is 5.26 Å². The molecule has 2 aromatic rings. The maximum Gasteiger partial charge on any atom is 0.319 e. The van der Waals surface area contributed by atoms with Gasteiger partial charge in [-0.1, -0.05) is 30.3 Å². The molecule has 2 amide bonds. The van der Waals surface area contributed by atoms with Crippen molar-refractivity contribution in [3.63, 3.8) is 0 Å². The Balaban J connectivity index is 1.75. The zero-order chi connectivity index (χ0) is 19.5. The number of hydrogen-bond acceptors (Lipinski definition) is 4. The van der Waals surface area contributed by atoms with Crippen LogP contribution in [0, 0.1) is 17.2 Å². The van der Waals surface area contributed by atoms with E-state index in [1.165, 1.54) is 5.69 Å². The first-order chi connectivity index (χ1) is 13.1. The molecule has 6 heteroatoms. The number of nitrogens with zero attached hydrogens (tertiary/aromatic N) is 2. The van der Waals surface area contributed by atoms with Crippen molar-refractivity contribution < 1.29 is 4.79 Å². The second kappa shape index (κ2) is 11.1. The van der Waals surface area contributed by atoms with Gasteiger partial charge in [-0.05, 0) is 37.6 Å². The first-order valence-electron chi connectivity index (χ1n) is 9.02. The van der Waals surface area contributed by atoms with Crippen LogP contribution in [0.5, 0.6) is 0 Å². The fraction of sp³-hybridized carbons (Fsp3) is 0.333. The van der Waals surface area contributed by atoms with Gasteiger partial charge in [-0.3, -0.25) is 0 Å². The molecule has 0 heterocycles. The Morgan fingerprint density at radius 1 is 1.19 bits per heavy atom. The lowest BCUT2D eigenvalue weighted by molar-refractivity contribution is 0.252. The minimum atomic E-state index is -0.209. The standard InChI is InChI=1S/C21H26N4OS/c1-17(15-22)16-27-20-12-7-6-11-19(20)24-21(26)23-13-8-14-25(2)18-9-4-3-5-10-18/h3-7,9-12,17H,8,13-14,16H2,1-2H3,(H2,23,24,26). The molecule has 0 aromatic heterocycles. The van der Waals surface area contributed by atoms with Gasteiger partial charge in [0.15, 0.2) is 0 Å². The van der Waals surface area contributed by atoms with Crippen LogP contribution in [-0.2, 0) is 0 Å². The summed E-state index contributed by atoms with van der Waals surface area (Å²) in [4.78, 5) is 15.3. The van der Waals surface area contributed by atoms with E-state index < -0.39 is 0 Å². The Bertz CT molecular complexity index is 760. The van der Waals surface area contributed by atoms with E-state index in [2.05, 4.69) is 33.7 Å². The van der Waals surface area contributed by atoms with Crippen LogP contribution in [-0.4, -0.2) is 31.9 Å². The molecule has 0 saturated heterocycles. The molecule has 0 aliphatic heterocycles. The topological polar surface area (TPSA) is 68.2 Å². The maximum absolute atomic E-state index is 12.2. The number of carbonyl (C=O) groups is 1. The fourth-order valence-electron chi connectivity index (χ4n) is 2.44. The van der Waals surface area contributed by atoms with Gasteiger partial charge in [0.25, 0.3) is 0 Å². The van der Waals surface area contributed by atoms with Gasteiger partial charge in [-0.25, -0.2) is 4.79 Å². The number of hydrogen-bond donors (Lipinski definition) is 2. The lowest BCUT2D eigenvalue weighted by Gasteiger charge is -2.19. The van der Waals surface area contributed by atoms with E-state index in [9.17, 15) is 4.79 Å². The number of thioether (sulfide) groups is 1. The number of amides is 2. The fourth-order valence-corrected chi connectivity index (χ4v) is 3.40. The lowest BCUT2D eigenvalue weighted by Crippen LogP contribution is -2.31. The van der Waals surface area contributed by atoms with Gasteiger partial charge in [-0.2, -0.15) is 5.26 Å². The molecule has 2 N–H and O–H groups in total. The number of urea groups is 1. The van der Waals surface area contributed by atoms with Crippen molar-refractivity contribution in [2.24, 2.45) is 5.92 Å². The number of anilines is 2. The van der Waals surface area contributed by atoms with Gasteiger partial charge in [-0.15, -0.1) is 11.8 Å². The number of para-hydroxylation sites is 2. The Hall–Kier alpha value is -2.65. The summed E-state index contributed by atoms with van der Waals surface area (Å²) >= 11 is 1.58. The highest BCUT2D eigenvalue weighted by molar-refractivity contribution is 7.99. The summed E-state index contributed by atoms with van der Waals surface area (Å²) in [6.07, 6.45) is 0.856. The number of benzene rings is 2. The largest absolute Gasteiger partial charge is 0.375 e. The highest BCUT2D eigenvalue weighted by Crippen LogP contribution is 2.28. The van der Waals surface area contributed by atoms with Crippen molar-refractivity contribution in [3.05, 3.63) is 54.6 Å². The summed E-state index contributed by atoms with van der Waals surface area (Å²) in [5.74, 6) is 0.668. The molecule has 27 heavy (non-hydrogen) atoms. The number of rotatable bonds is 9. The van der Waals surface area contributed by atoms with Crippen molar-refractivity contribution in [2.75, 3.05) is 36.1 Å². The average molecular weight is 383 g/mol. The Morgan fingerprint density at radius 2 is 1.89 bits per heavy atom. The van der Waals surface area contributed by atoms with Crippen molar-refractivity contribution in [1.29, 1.82) is 5.26 Å². The van der Waals surface area contributed by atoms with Gasteiger partial charge in [0, 0.05) is 36.5 Å². The van der Waals surface area contributed by atoms with Crippen molar-refractivity contribution >= 4 is 29.2 Å². The van der Waals surface area contributed by atoms with E-state index in [1.54, 1.807) is 11.8 Å². The highest BCUT2D eigenvalue weighted by Gasteiger charge is 2.08. The summed E-state index contributed by atoms with van der Waals surface area (Å²) < 4.78 is 0. The van der Waals surface area contributed by atoms with E-state index in [-0.39, 0.29) is 11.9 Å². The SMILES string of the molecule is CC(C#N)CSc1ccccc1NC(=O)NCCCN(C)c1ccccc1. The van der Waals surface area contributed by atoms with Crippen molar-refractivity contribution in [3.8, 4) is 6.07 Å². The third-order valence-corrected chi connectivity index (χ3v) is 5.33. The summed E-state index contributed by atoms with van der Waals surface area (Å²) in [7, 11) is 2.05. The van der Waals surface area contributed by atoms with Crippen LogP contribution >= 0.6 is 11.8 Å². The Morgan fingerprint density at radius 3 is 2.63 bits per heavy atom. The van der Waals surface area contributed by atoms with Gasteiger partial charge in [0.05, 0.1) is 17.7 Å². The molecule has 0 aliphatic rings. The summed E-state index contributed by atoms with van der Waals surface area (Å²) in [5.41, 5.74) is 1.94. The Kier molecular flexibility index (Phi) is 8.53. The van der Waals surface area contributed by atoms with Crippen LogP contribution in [0.1, 0.15) is 13.3 Å². The third kappa shape index (κ3) is 7.24. The molecule has 0 fully saturated rings. The van der Waals surface area contributed by atoms with Crippen LogP contribution in [0.2, 0.25) is 0 Å². The minimum absolute atomic E-state index is 0.0292.